The molecule has 0 saturated heterocycles. The van der Waals surface area contributed by atoms with E-state index >= 15 is 0 Å². The zero-order chi connectivity index (χ0) is 21.7. The Bertz CT molecular complexity index is 962. The van der Waals surface area contributed by atoms with E-state index in [4.69, 9.17) is 9.84 Å². The van der Waals surface area contributed by atoms with E-state index in [9.17, 15) is 19.7 Å². The highest BCUT2D eigenvalue weighted by molar-refractivity contribution is 5.98. The number of aliphatic hydroxyl groups excluding tert-OH is 1. The molecule has 0 spiro atoms. The summed E-state index contributed by atoms with van der Waals surface area (Å²) in [5, 5.41) is 22.9. The number of amides is 1. The molecular formula is C21H23N3O6. The summed E-state index contributed by atoms with van der Waals surface area (Å²) in [6, 6.07) is 11.6. The number of hydrogen-bond donors (Lipinski definition) is 2. The number of ether oxygens (including phenoxy) is 1. The van der Waals surface area contributed by atoms with Crippen molar-refractivity contribution in [3.8, 4) is 0 Å². The molecule has 158 valence electrons. The van der Waals surface area contributed by atoms with Gasteiger partial charge >= 0.3 is 5.97 Å². The summed E-state index contributed by atoms with van der Waals surface area (Å²) in [7, 11) is 0. The highest BCUT2D eigenvalue weighted by atomic mass is 16.6. The zero-order valence-electron chi connectivity index (χ0n) is 16.5. The maximum absolute atomic E-state index is 12.8. The van der Waals surface area contributed by atoms with Crippen molar-refractivity contribution in [2.75, 3.05) is 25.0 Å². The molecule has 2 aromatic rings. The van der Waals surface area contributed by atoms with Crippen LogP contribution in [0.3, 0.4) is 0 Å². The first-order valence-corrected chi connectivity index (χ1v) is 9.60. The first-order valence-electron chi connectivity index (χ1n) is 9.60. The molecule has 0 bridgehead atoms. The Morgan fingerprint density at radius 2 is 2.00 bits per heavy atom. The van der Waals surface area contributed by atoms with Crippen molar-refractivity contribution in [3.63, 3.8) is 0 Å². The van der Waals surface area contributed by atoms with Gasteiger partial charge in [-0.3, -0.25) is 14.9 Å². The number of carbonyl (C=O) groups excluding carboxylic acids is 2. The van der Waals surface area contributed by atoms with Crippen LogP contribution in [-0.2, 0) is 22.5 Å². The summed E-state index contributed by atoms with van der Waals surface area (Å²) in [4.78, 5) is 37.6. The Kier molecular flexibility index (Phi) is 6.63. The largest absolute Gasteiger partial charge is 0.449 e. The van der Waals surface area contributed by atoms with E-state index in [1.165, 1.54) is 24.6 Å². The third kappa shape index (κ3) is 4.74. The molecular weight excluding hydrogens is 390 g/mol. The number of benzene rings is 2. The average Bonchev–Trinajstić information content (AvgIpc) is 2.76. The van der Waals surface area contributed by atoms with Gasteiger partial charge in [0.2, 0.25) is 0 Å². The van der Waals surface area contributed by atoms with Crippen LogP contribution >= 0.6 is 0 Å². The quantitative estimate of drug-likeness (QED) is 0.405. The number of rotatable bonds is 7. The fraction of sp³-hybridized carbons (Fsp3) is 0.333. The Balaban J connectivity index is 1.72. The molecule has 30 heavy (non-hydrogen) atoms. The molecule has 0 unspecified atom stereocenters. The van der Waals surface area contributed by atoms with Gasteiger partial charge in [-0.05, 0) is 30.5 Å². The Hall–Kier alpha value is -3.46. The van der Waals surface area contributed by atoms with Crippen molar-refractivity contribution in [2.24, 2.45) is 0 Å². The van der Waals surface area contributed by atoms with Crippen molar-refractivity contribution < 1.29 is 24.4 Å². The minimum Gasteiger partial charge on any atom is -0.449 e. The molecule has 3 rings (SSSR count). The summed E-state index contributed by atoms with van der Waals surface area (Å²) in [5.74, 6) is -1.18. The number of anilines is 1. The lowest BCUT2D eigenvalue weighted by atomic mass is 9.99. The topological polar surface area (TPSA) is 122 Å². The van der Waals surface area contributed by atoms with Crippen LogP contribution in [0.5, 0.6) is 0 Å². The molecule has 0 radical (unpaired) electrons. The summed E-state index contributed by atoms with van der Waals surface area (Å²) >= 11 is 0. The monoisotopic (exact) mass is 413 g/mol. The number of non-ortho nitro benzene ring substituents is 1. The first kappa shape index (κ1) is 21.3. The van der Waals surface area contributed by atoms with Gasteiger partial charge in [0.1, 0.15) is 0 Å². The van der Waals surface area contributed by atoms with Crippen molar-refractivity contribution >= 4 is 23.3 Å². The number of nitro groups is 1. The minimum atomic E-state index is -1.05. The second-order valence-corrected chi connectivity index (χ2v) is 6.96. The smallest absolute Gasteiger partial charge is 0.341 e. The van der Waals surface area contributed by atoms with Crippen molar-refractivity contribution in [2.45, 2.75) is 26.0 Å². The van der Waals surface area contributed by atoms with Gasteiger partial charge in [-0.1, -0.05) is 24.3 Å². The Morgan fingerprint density at radius 1 is 1.27 bits per heavy atom. The van der Waals surface area contributed by atoms with Crippen molar-refractivity contribution in [1.82, 2.24) is 4.90 Å². The third-order valence-electron chi connectivity index (χ3n) is 4.94. The summed E-state index contributed by atoms with van der Waals surface area (Å²) in [6.45, 7) is 2.42. The molecule has 0 aromatic heterocycles. The van der Waals surface area contributed by atoms with Gasteiger partial charge in [0.25, 0.3) is 11.6 Å². The SMILES string of the molecule is C[C@H](OC(=O)c1cc([N+](=O)[O-])ccc1NCCO)C(=O)N1CCc2ccccc2C1. The highest BCUT2D eigenvalue weighted by Gasteiger charge is 2.28. The van der Waals surface area contributed by atoms with Crippen LogP contribution in [0.1, 0.15) is 28.4 Å². The normalized spacial score (nSPS) is 13.9. The second-order valence-electron chi connectivity index (χ2n) is 6.96. The molecule has 1 heterocycles. The molecule has 0 saturated carbocycles. The minimum absolute atomic E-state index is 0.0683. The summed E-state index contributed by atoms with van der Waals surface area (Å²) in [6.07, 6.45) is -0.324. The maximum Gasteiger partial charge on any atom is 0.341 e. The molecule has 1 amide bonds. The molecule has 0 fully saturated rings. The van der Waals surface area contributed by atoms with Crippen LogP contribution in [-0.4, -0.2) is 52.6 Å². The van der Waals surface area contributed by atoms with E-state index in [2.05, 4.69) is 5.32 Å². The number of nitrogens with zero attached hydrogens (tertiary/aromatic N) is 2. The van der Waals surface area contributed by atoms with Gasteiger partial charge in [-0.15, -0.1) is 0 Å². The van der Waals surface area contributed by atoms with E-state index in [-0.39, 0.29) is 36.0 Å². The zero-order valence-corrected chi connectivity index (χ0v) is 16.5. The van der Waals surface area contributed by atoms with E-state index in [0.29, 0.717) is 13.1 Å². The van der Waals surface area contributed by atoms with Crippen LogP contribution in [0.25, 0.3) is 0 Å². The van der Waals surface area contributed by atoms with Crippen LogP contribution in [0.2, 0.25) is 0 Å². The highest BCUT2D eigenvalue weighted by Crippen LogP contribution is 2.24. The number of nitrogens with one attached hydrogen (secondary N) is 1. The lowest BCUT2D eigenvalue weighted by Crippen LogP contribution is -2.42. The van der Waals surface area contributed by atoms with Gasteiger partial charge in [0, 0.05) is 37.5 Å². The average molecular weight is 413 g/mol. The number of aliphatic hydroxyl groups is 1. The Morgan fingerprint density at radius 3 is 2.70 bits per heavy atom. The fourth-order valence-electron chi connectivity index (χ4n) is 3.37. The predicted octanol–water partition coefficient (Wildman–Crippen LogP) is 2.13. The van der Waals surface area contributed by atoms with Crippen LogP contribution < -0.4 is 5.32 Å². The second kappa shape index (κ2) is 9.36. The van der Waals surface area contributed by atoms with Gasteiger partial charge in [-0.25, -0.2) is 4.79 Å². The number of nitro benzene ring substituents is 1. The molecule has 9 heteroatoms. The number of carbonyl (C=O) groups is 2. The van der Waals surface area contributed by atoms with Crippen LogP contribution in [0.4, 0.5) is 11.4 Å². The lowest BCUT2D eigenvalue weighted by molar-refractivity contribution is -0.384. The van der Waals surface area contributed by atoms with Gasteiger partial charge < -0.3 is 20.1 Å². The van der Waals surface area contributed by atoms with E-state index in [0.717, 1.165) is 18.1 Å². The van der Waals surface area contributed by atoms with Gasteiger partial charge in [0.05, 0.1) is 17.1 Å². The van der Waals surface area contributed by atoms with Gasteiger partial charge in [-0.2, -0.15) is 0 Å². The molecule has 2 N–H and O–H groups in total. The standard InChI is InChI=1S/C21H23N3O6/c1-14(20(26)23-10-8-15-4-2-3-5-16(15)13-23)30-21(27)18-12-17(24(28)29)6-7-19(18)22-9-11-25/h2-7,12,14,22,25H,8-11,13H2,1H3/t14-/m0/s1. The number of fused-ring (bicyclic) bond motifs is 1. The van der Waals surface area contributed by atoms with Gasteiger partial charge in [0.15, 0.2) is 6.10 Å². The lowest BCUT2D eigenvalue weighted by Gasteiger charge is -2.30. The summed E-state index contributed by atoms with van der Waals surface area (Å²) in [5.41, 5.74) is 2.20. The predicted molar refractivity (Wildman–Crippen MR) is 109 cm³/mol. The van der Waals surface area contributed by atoms with Crippen molar-refractivity contribution in [1.29, 1.82) is 0 Å². The van der Waals surface area contributed by atoms with E-state index < -0.39 is 17.0 Å². The molecule has 1 aliphatic heterocycles. The molecule has 1 aliphatic rings. The first-order chi connectivity index (χ1) is 14.4. The molecule has 2 aromatic carbocycles. The van der Waals surface area contributed by atoms with E-state index in [1.54, 1.807) is 4.90 Å². The fourth-order valence-corrected chi connectivity index (χ4v) is 3.37. The van der Waals surface area contributed by atoms with Crippen molar-refractivity contribution in [3.05, 3.63) is 69.3 Å². The van der Waals surface area contributed by atoms with E-state index in [1.807, 2.05) is 24.3 Å². The maximum atomic E-state index is 12.8. The molecule has 1 atom stereocenters. The third-order valence-corrected chi connectivity index (χ3v) is 4.94. The van der Waals surface area contributed by atoms with Crippen LogP contribution in [0.15, 0.2) is 42.5 Å². The summed E-state index contributed by atoms with van der Waals surface area (Å²) < 4.78 is 5.34. The number of esters is 1. The molecule has 9 nitrogen and oxygen atoms in total. The molecule has 0 aliphatic carbocycles. The van der Waals surface area contributed by atoms with Crippen LogP contribution in [0, 0.1) is 10.1 Å². The number of hydrogen-bond acceptors (Lipinski definition) is 7. The Labute approximate surface area is 173 Å².